The van der Waals surface area contributed by atoms with E-state index in [1.54, 1.807) is 62.3 Å². The average molecular weight is 694 g/mol. The second-order valence-corrected chi connectivity index (χ2v) is 25.0. The Morgan fingerprint density at radius 2 is 0.525 bits per heavy atom. The summed E-state index contributed by atoms with van der Waals surface area (Å²) in [6, 6.07) is 0. The summed E-state index contributed by atoms with van der Waals surface area (Å²) in [5, 5.41) is 0. The van der Waals surface area contributed by atoms with E-state index in [9.17, 15) is 28.8 Å². The second-order valence-electron chi connectivity index (χ2n) is 16.8. The zero-order valence-corrected chi connectivity index (χ0v) is 31.4. The topological polar surface area (TPSA) is 102 Å². The fourth-order valence-electron chi connectivity index (χ4n) is 4.31. The maximum absolute atomic E-state index is 13.4. The van der Waals surface area contributed by atoms with Crippen LogP contribution in [0.5, 0.6) is 0 Å². The minimum atomic E-state index is -2.99. The molecule has 40 heavy (non-hydrogen) atoms. The normalized spacial score (nSPS) is 13.6. The molecule has 0 aliphatic heterocycles. The summed E-state index contributed by atoms with van der Waals surface area (Å²) < 4.78 is 1.76. The fourth-order valence-corrected chi connectivity index (χ4v) is 19.4. The van der Waals surface area contributed by atoms with Crippen molar-refractivity contribution >= 4 is 34.7 Å². The molecular weight excluding hydrogens is 637 g/mol. The molecule has 7 heteroatoms. The first kappa shape index (κ1) is 39.4. The van der Waals surface area contributed by atoms with E-state index in [0.717, 1.165) is 0 Å². The van der Waals surface area contributed by atoms with E-state index in [0.29, 0.717) is 6.21 Å². The Morgan fingerprint density at radius 3 is 0.675 bits per heavy atom. The Kier molecular flexibility index (Phi) is 13.6. The molecule has 0 aliphatic carbocycles. The van der Waals surface area contributed by atoms with Crippen molar-refractivity contribution in [3.05, 3.63) is 0 Å². The van der Waals surface area contributed by atoms with Gasteiger partial charge in [-0.05, 0) is 0 Å². The molecule has 0 unspecified atom stereocenters. The molecule has 0 radical (unpaired) electrons. The van der Waals surface area contributed by atoms with Gasteiger partial charge in [-0.15, -0.1) is 0 Å². The van der Waals surface area contributed by atoms with Crippen LogP contribution in [0, 0.1) is 67.1 Å². The molecule has 0 amide bonds. The van der Waals surface area contributed by atoms with Crippen LogP contribution in [0.1, 0.15) is 123 Å². The first-order valence-electron chi connectivity index (χ1n) is 14.5. The standard InChI is InChI=1S/3C11H19O2.Nd/c3*1-10(2,3)8(12)7-9(13)11(4,5)6;/h3*1,7H2,2-6H3;. The van der Waals surface area contributed by atoms with Crippen molar-refractivity contribution in [1.29, 1.82) is 0 Å². The Morgan fingerprint density at radius 1 is 0.350 bits per heavy atom. The molecule has 0 saturated carbocycles. The van der Waals surface area contributed by atoms with Crippen LogP contribution in [0.2, 0.25) is 6.21 Å². The molecule has 0 aliphatic rings. The third-order valence-electron chi connectivity index (χ3n) is 7.81. The minimum absolute atomic E-state index is 0.106. The molecular formula is C33H57NdO6. The Hall–Kier alpha value is -0.629. The molecule has 0 rings (SSSR count). The van der Waals surface area contributed by atoms with Crippen molar-refractivity contribution in [2.75, 3.05) is 0 Å². The molecule has 0 atom stereocenters. The van der Waals surface area contributed by atoms with Crippen LogP contribution in [0.4, 0.5) is 0 Å². The van der Waals surface area contributed by atoms with Gasteiger partial charge in [-0.3, -0.25) is 0 Å². The van der Waals surface area contributed by atoms with E-state index in [1.807, 2.05) is 41.5 Å². The fraction of sp³-hybridized carbons (Fsp3) is 0.818. The van der Waals surface area contributed by atoms with Crippen molar-refractivity contribution in [2.24, 2.45) is 32.5 Å². The number of carbonyl (C=O) groups excluding carboxylic acids is 6. The van der Waals surface area contributed by atoms with Crippen molar-refractivity contribution in [3.63, 3.8) is 0 Å². The van der Waals surface area contributed by atoms with E-state index in [1.165, 1.54) is 0 Å². The Balaban J connectivity index is 6.21. The van der Waals surface area contributed by atoms with E-state index in [2.05, 4.69) is 0 Å². The summed E-state index contributed by atoms with van der Waals surface area (Å²) in [6.07, 6.45) is -0.416. The molecule has 0 saturated heterocycles. The third-order valence-corrected chi connectivity index (χ3v) is 21.1. The SMILES string of the molecule is CC(C)(C)C(=O)CC(=O)C(C)(C)[CH2][Nd]([CH2]C(C)(C)C(=O)CC(=O)C(C)(C)C)[CH2]C(C)(C)C(=O)CC(=O)C(C)(C)C. The summed E-state index contributed by atoms with van der Waals surface area (Å²) >= 11 is -2.99. The molecule has 0 aromatic heterocycles. The molecule has 0 spiro atoms. The number of rotatable bonds is 15. The Bertz CT molecular complexity index is 865. The molecule has 6 nitrogen and oxygen atoms in total. The van der Waals surface area contributed by atoms with Gasteiger partial charge in [0.05, 0.1) is 0 Å². The maximum atomic E-state index is 13.4. The van der Waals surface area contributed by atoms with E-state index in [-0.39, 0.29) is 54.0 Å². The van der Waals surface area contributed by atoms with Crippen LogP contribution in [-0.2, 0) is 28.8 Å². The van der Waals surface area contributed by atoms with Crippen LogP contribution in [-0.4, -0.2) is 34.7 Å². The second kappa shape index (κ2) is 13.8. The number of ketones is 6. The van der Waals surface area contributed by atoms with E-state index < -0.39 is 67.1 Å². The molecule has 0 aromatic rings. The molecule has 229 valence electrons. The molecule has 0 aromatic carbocycles. The van der Waals surface area contributed by atoms with Crippen LogP contribution < -0.4 is 0 Å². The van der Waals surface area contributed by atoms with Crippen LogP contribution in [0.3, 0.4) is 0 Å². The van der Waals surface area contributed by atoms with Crippen molar-refractivity contribution < 1.29 is 63.4 Å². The van der Waals surface area contributed by atoms with Crippen LogP contribution >= 0.6 is 0 Å². The van der Waals surface area contributed by atoms with Gasteiger partial charge in [0, 0.05) is 0 Å². The summed E-state index contributed by atoms with van der Waals surface area (Å²) in [5.41, 5.74) is -4.17. The van der Waals surface area contributed by atoms with Crippen LogP contribution in [0.15, 0.2) is 0 Å². The van der Waals surface area contributed by atoms with Gasteiger partial charge in [0.25, 0.3) is 0 Å². The van der Waals surface area contributed by atoms with E-state index >= 15 is 0 Å². The first-order valence-corrected chi connectivity index (χ1v) is 21.3. The summed E-state index contributed by atoms with van der Waals surface area (Å²) in [5.74, 6) is -0.669. The van der Waals surface area contributed by atoms with E-state index in [4.69, 9.17) is 0 Å². The van der Waals surface area contributed by atoms with Gasteiger partial charge in [-0.2, -0.15) is 0 Å². The van der Waals surface area contributed by atoms with Gasteiger partial charge in [0.1, 0.15) is 0 Å². The predicted octanol–water partition coefficient (Wildman–Crippen LogP) is 7.66. The summed E-state index contributed by atoms with van der Waals surface area (Å²) in [4.78, 5) is 78.0. The predicted molar refractivity (Wildman–Crippen MR) is 158 cm³/mol. The van der Waals surface area contributed by atoms with Gasteiger partial charge >= 0.3 is 260 Å². The third kappa shape index (κ3) is 12.7. The molecule has 0 heterocycles. The summed E-state index contributed by atoms with van der Waals surface area (Å²) in [7, 11) is 0. The van der Waals surface area contributed by atoms with Crippen LogP contribution in [0.25, 0.3) is 0 Å². The Labute approximate surface area is 258 Å². The summed E-state index contributed by atoms with van der Waals surface area (Å²) in [6.45, 7) is 27.4. The van der Waals surface area contributed by atoms with Gasteiger partial charge < -0.3 is 0 Å². The van der Waals surface area contributed by atoms with Crippen molar-refractivity contribution in [2.45, 2.75) is 129 Å². The van der Waals surface area contributed by atoms with Crippen molar-refractivity contribution in [1.82, 2.24) is 0 Å². The molecule has 0 N–H and O–H groups in total. The van der Waals surface area contributed by atoms with Crippen molar-refractivity contribution in [3.8, 4) is 0 Å². The molecule has 0 bridgehead atoms. The average Bonchev–Trinajstić information content (AvgIpc) is 2.70. The van der Waals surface area contributed by atoms with Gasteiger partial charge in [0.2, 0.25) is 0 Å². The molecule has 0 fully saturated rings. The van der Waals surface area contributed by atoms with Gasteiger partial charge in [-0.25, -0.2) is 0 Å². The number of Topliss-reactive ketones (excluding diaryl/α,β-unsaturated/α-hetero) is 6. The van der Waals surface area contributed by atoms with Gasteiger partial charge in [-0.1, -0.05) is 0 Å². The van der Waals surface area contributed by atoms with Gasteiger partial charge in [0.15, 0.2) is 0 Å². The number of carbonyl (C=O) groups is 6. The number of hydrogen-bond donors (Lipinski definition) is 0. The monoisotopic (exact) mass is 691 g/mol. The first-order chi connectivity index (χ1) is 17.4. The zero-order valence-electron chi connectivity index (χ0n) is 28.2. The quantitative estimate of drug-likeness (QED) is 0.163. The zero-order chi connectivity index (χ0) is 32.3. The number of hydrogen-bond acceptors (Lipinski definition) is 6.